The van der Waals surface area contributed by atoms with Crippen LogP contribution in [0.15, 0.2) is 54.1 Å². The van der Waals surface area contributed by atoms with Crippen molar-refractivity contribution in [1.82, 2.24) is 4.98 Å². The van der Waals surface area contributed by atoms with Gasteiger partial charge in [-0.25, -0.2) is 14.2 Å². The van der Waals surface area contributed by atoms with Crippen molar-refractivity contribution in [3.63, 3.8) is 0 Å². The normalized spacial score (nSPS) is 17.5. The number of hydrogen-bond donors (Lipinski definition) is 1. The number of methoxy groups -OCH3 is 1. The SMILES string of the molecule is COC(=O)c1sc(N2C(=O)C(=O)/C(=C(/O)c3ccc(F)cc3)[C@@H]2c2cccc(Cl)c2)nc1C. The molecular weight excluding hydrogens is 471 g/mol. The molecule has 168 valence electrons. The van der Waals surface area contributed by atoms with Gasteiger partial charge in [-0.1, -0.05) is 35.1 Å². The van der Waals surface area contributed by atoms with E-state index in [1.165, 1.54) is 19.2 Å². The molecular formula is C23H16ClFN2O5S. The molecule has 0 unspecified atom stereocenters. The Morgan fingerprint density at radius 2 is 1.91 bits per heavy atom. The fraction of sp³-hybridized carbons (Fsp3) is 0.130. The van der Waals surface area contributed by atoms with Crippen molar-refractivity contribution >= 4 is 51.5 Å². The Morgan fingerprint density at radius 1 is 1.21 bits per heavy atom. The van der Waals surface area contributed by atoms with Gasteiger partial charge in [0, 0.05) is 10.6 Å². The second-order valence-electron chi connectivity index (χ2n) is 7.13. The van der Waals surface area contributed by atoms with Crippen LogP contribution >= 0.6 is 22.9 Å². The highest BCUT2D eigenvalue weighted by atomic mass is 35.5. The highest BCUT2D eigenvalue weighted by molar-refractivity contribution is 7.17. The number of benzene rings is 2. The molecule has 10 heteroatoms. The van der Waals surface area contributed by atoms with Crippen molar-refractivity contribution in [1.29, 1.82) is 0 Å². The van der Waals surface area contributed by atoms with Crippen molar-refractivity contribution in [2.75, 3.05) is 12.0 Å². The van der Waals surface area contributed by atoms with Gasteiger partial charge in [-0.05, 0) is 48.9 Å². The molecule has 0 aliphatic carbocycles. The van der Waals surface area contributed by atoms with Gasteiger partial charge in [0.1, 0.15) is 16.5 Å². The number of aliphatic hydroxyl groups excluding tert-OH is 1. The molecule has 0 spiro atoms. The van der Waals surface area contributed by atoms with Crippen LogP contribution in [0.1, 0.15) is 32.5 Å². The Hall–Kier alpha value is -3.56. The summed E-state index contributed by atoms with van der Waals surface area (Å²) in [6.45, 7) is 1.58. The summed E-state index contributed by atoms with van der Waals surface area (Å²) in [4.78, 5) is 43.9. The summed E-state index contributed by atoms with van der Waals surface area (Å²) in [7, 11) is 1.22. The first-order valence-corrected chi connectivity index (χ1v) is 10.8. The number of carbonyl (C=O) groups excluding carboxylic acids is 3. The first kappa shape index (κ1) is 22.6. The molecule has 1 fully saturated rings. The van der Waals surface area contributed by atoms with E-state index in [0.717, 1.165) is 28.4 Å². The number of amides is 1. The third-order valence-corrected chi connectivity index (χ3v) is 6.46. The highest BCUT2D eigenvalue weighted by Gasteiger charge is 2.48. The van der Waals surface area contributed by atoms with Gasteiger partial charge < -0.3 is 9.84 Å². The average molecular weight is 487 g/mol. The molecule has 0 radical (unpaired) electrons. The van der Waals surface area contributed by atoms with Gasteiger partial charge in [0.25, 0.3) is 5.78 Å². The van der Waals surface area contributed by atoms with Crippen LogP contribution in [0.25, 0.3) is 5.76 Å². The van der Waals surface area contributed by atoms with Crippen LogP contribution in [0.3, 0.4) is 0 Å². The maximum Gasteiger partial charge on any atom is 0.350 e. The second-order valence-corrected chi connectivity index (χ2v) is 8.55. The molecule has 1 aliphatic heterocycles. The highest BCUT2D eigenvalue weighted by Crippen LogP contribution is 2.44. The van der Waals surface area contributed by atoms with Crippen LogP contribution < -0.4 is 4.90 Å². The Balaban J connectivity index is 1.94. The standard InChI is InChI=1S/C23H16ClFN2O5S/c1-11-20(22(31)32-2)33-23(26-11)27-17(13-4-3-5-14(24)10-13)16(19(29)21(27)30)18(28)12-6-8-15(25)9-7-12/h3-10,17,28H,1-2H3/b18-16+/t17-/m0/s1. The number of ether oxygens (including phenoxy) is 1. The summed E-state index contributed by atoms with van der Waals surface area (Å²) in [6.07, 6.45) is 0. The minimum Gasteiger partial charge on any atom is -0.507 e. The number of Topliss-reactive ketones (excluding diaryl/α,β-unsaturated/α-hetero) is 1. The van der Waals surface area contributed by atoms with Crippen LogP contribution in [-0.4, -0.2) is 34.9 Å². The van der Waals surface area contributed by atoms with Crippen LogP contribution in [0, 0.1) is 12.7 Å². The van der Waals surface area contributed by atoms with Gasteiger partial charge in [0.15, 0.2) is 5.13 Å². The molecule has 4 rings (SSSR count). The molecule has 1 aromatic heterocycles. The number of aromatic nitrogens is 1. The Bertz CT molecular complexity index is 1320. The predicted molar refractivity (Wildman–Crippen MR) is 121 cm³/mol. The number of esters is 1. The van der Waals surface area contributed by atoms with E-state index in [9.17, 15) is 23.9 Å². The minimum absolute atomic E-state index is 0.0816. The van der Waals surface area contributed by atoms with Crippen LogP contribution in [0.5, 0.6) is 0 Å². The molecule has 2 heterocycles. The Morgan fingerprint density at radius 3 is 2.55 bits per heavy atom. The number of carbonyl (C=O) groups is 3. The average Bonchev–Trinajstić information content (AvgIpc) is 3.30. The minimum atomic E-state index is -1.08. The fourth-order valence-corrected chi connectivity index (χ4v) is 4.76. The molecule has 0 saturated carbocycles. The summed E-state index contributed by atoms with van der Waals surface area (Å²) in [6, 6.07) is 10.3. The summed E-state index contributed by atoms with van der Waals surface area (Å²) < 4.78 is 18.1. The molecule has 33 heavy (non-hydrogen) atoms. The van der Waals surface area contributed by atoms with E-state index < -0.39 is 35.3 Å². The summed E-state index contributed by atoms with van der Waals surface area (Å²) in [5, 5.41) is 11.4. The molecule has 0 bridgehead atoms. The van der Waals surface area contributed by atoms with Crippen LogP contribution in [0.4, 0.5) is 9.52 Å². The third-order valence-electron chi connectivity index (χ3n) is 5.09. The lowest BCUT2D eigenvalue weighted by atomic mass is 9.95. The van der Waals surface area contributed by atoms with E-state index in [1.54, 1.807) is 31.2 Å². The van der Waals surface area contributed by atoms with Gasteiger partial charge in [0.05, 0.1) is 24.4 Å². The van der Waals surface area contributed by atoms with Crippen molar-refractivity contribution in [2.45, 2.75) is 13.0 Å². The molecule has 7 nitrogen and oxygen atoms in total. The van der Waals surface area contributed by atoms with Crippen LogP contribution in [-0.2, 0) is 14.3 Å². The maximum atomic E-state index is 13.4. The van der Waals surface area contributed by atoms with E-state index in [-0.39, 0.29) is 21.1 Å². The lowest BCUT2D eigenvalue weighted by Crippen LogP contribution is -2.29. The van der Waals surface area contributed by atoms with Gasteiger partial charge in [-0.15, -0.1) is 0 Å². The number of hydrogen-bond acceptors (Lipinski definition) is 7. The number of rotatable bonds is 4. The molecule has 2 aromatic carbocycles. The molecule has 3 aromatic rings. The zero-order valence-electron chi connectivity index (χ0n) is 17.3. The predicted octanol–water partition coefficient (Wildman–Crippen LogP) is 4.66. The van der Waals surface area contributed by atoms with Crippen molar-refractivity contribution in [3.05, 3.63) is 86.6 Å². The Labute approximate surface area is 196 Å². The lowest BCUT2D eigenvalue weighted by molar-refractivity contribution is -0.132. The van der Waals surface area contributed by atoms with E-state index in [1.807, 2.05) is 0 Å². The zero-order chi connectivity index (χ0) is 23.9. The second kappa shape index (κ2) is 8.76. The number of thiazole rings is 1. The van der Waals surface area contributed by atoms with Crippen molar-refractivity contribution < 1.29 is 28.6 Å². The van der Waals surface area contributed by atoms with E-state index >= 15 is 0 Å². The smallest absolute Gasteiger partial charge is 0.350 e. The van der Waals surface area contributed by atoms with Gasteiger partial charge in [0.2, 0.25) is 0 Å². The van der Waals surface area contributed by atoms with E-state index in [4.69, 9.17) is 16.3 Å². The fourth-order valence-electron chi connectivity index (χ4n) is 3.55. The number of aliphatic hydroxyl groups is 1. The third kappa shape index (κ3) is 4.01. The topological polar surface area (TPSA) is 96.8 Å². The van der Waals surface area contributed by atoms with Gasteiger partial charge >= 0.3 is 11.9 Å². The number of ketones is 1. The van der Waals surface area contributed by atoms with Crippen molar-refractivity contribution in [2.24, 2.45) is 0 Å². The summed E-state index contributed by atoms with van der Waals surface area (Å²) >= 11 is 7.05. The molecule has 1 atom stereocenters. The quantitative estimate of drug-likeness (QED) is 0.249. The molecule has 1 N–H and O–H groups in total. The van der Waals surface area contributed by atoms with E-state index in [2.05, 4.69) is 4.98 Å². The Kier molecular flexibility index (Phi) is 6.01. The molecule has 1 amide bonds. The monoisotopic (exact) mass is 486 g/mol. The van der Waals surface area contributed by atoms with Crippen LogP contribution in [0.2, 0.25) is 5.02 Å². The summed E-state index contributed by atoms with van der Waals surface area (Å²) in [5.74, 6) is -3.50. The largest absolute Gasteiger partial charge is 0.507 e. The number of nitrogens with zero attached hydrogens (tertiary/aromatic N) is 2. The van der Waals surface area contributed by atoms with Crippen molar-refractivity contribution in [3.8, 4) is 0 Å². The number of aryl methyl sites for hydroxylation is 1. The first-order chi connectivity index (χ1) is 15.7. The molecule has 1 saturated heterocycles. The molecule has 1 aliphatic rings. The summed E-state index contributed by atoms with van der Waals surface area (Å²) in [5.41, 5.74) is 0.721. The van der Waals surface area contributed by atoms with E-state index in [0.29, 0.717) is 16.3 Å². The van der Waals surface area contributed by atoms with Gasteiger partial charge in [-0.3, -0.25) is 14.5 Å². The lowest BCUT2D eigenvalue weighted by Gasteiger charge is -2.23. The number of anilines is 1. The zero-order valence-corrected chi connectivity index (χ0v) is 18.9. The number of halogens is 2. The maximum absolute atomic E-state index is 13.4. The van der Waals surface area contributed by atoms with Gasteiger partial charge in [-0.2, -0.15) is 0 Å². The first-order valence-electron chi connectivity index (χ1n) is 9.61.